The number of hydrogen-bond acceptors (Lipinski definition) is 1. The molecule has 0 saturated heterocycles. The largest absolute Gasteiger partial charge is 0.299 e. The molecule has 1 aliphatic rings. The van der Waals surface area contributed by atoms with Crippen molar-refractivity contribution in [1.29, 1.82) is 0 Å². The Balaban J connectivity index is 3.27. The van der Waals surface area contributed by atoms with E-state index in [4.69, 9.17) is 6.85 Å². The Hall–Kier alpha value is -1.63. The molecule has 0 heterocycles. The number of rotatable bonds is 5. The van der Waals surface area contributed by atoms with Crippen LogP contribution in [0.2, 0.25) is 0 Å². The Bertz CT molecular complexity index is 685. The lowest BCUT2D eigenvalue weighted by molar-refractivity contribution is -0.104. The Morgan fingerprint density at radius 2 is 1.95 bits per heavy atom. The molecule has 0 spiro atoms. The van der Waals surface area contributed by atoms with Gasteiger partial charge in [-0.25, -0.2) is 0 Å². The molecule has 1 nitrogen and oxygen atoms in total. The molecular formula is C20H28O. The third-order valence-corrected chi connectivity index (χ3v) is 3.61. The van der Waals surface area contributed by atoms with Crippen LogP contribution in [0.1, 0.15) is 60.6 Å². The molecule has 0 amide bonds. The van der Waals surface area contributed by atoms with Crippen LogP contribution >= 0.6 is 0 Å². The fraction of sp³-hybridized carbons (Fsp3) is 0.450. The van der Waals surface area contributed by atoms with Crippen molar-refractivity contribution in [2.24, 2.45) is 5.41 Å². The first-order chi connectivity index (χ1) is 11.8. The highest BCUT2D eigenvalue weighted by Crippen LogP contribution is 2.40. The van der Waals surface area contributed by atoms with Gasteiger partial charge in [0.1, 0.15) is 6.29 Å². The minimum Gasteiger partial charge on any atom is -0.299 e. The first-order valence-corrected chi connectivity index (χ1v) is 7.22. The Morgan fingerprint density at radius 1 is 1.24 bits per heavy atom. The second-order valence-electron chi connectivity index (χ2n) is 6.00. The SMILES string of the molecule is [2H]C([2H])([2H])C1=C(/C=C/C(C)=C/C=C/C(C)=C/C=O)C(C)(C)CCC1([2H])[2H]. The van der Waals surface area contributed by atoms with E-state index in [9.17, 15) is 4.79 Å². The van der Waals surface area contributed by atoms with Crippen molar-refractivity contribution in [3.8, 4) is 0 Å². The van der Waals surface area contributed by atoms with Crippen molar-refractivity contribution in [3.63, 3.8) is 0 Å². The fourth-order valence-electron chi connectivity index (χ4n) is 2.16. The van der Waals surface area contributed by atoms with Crippen LogP contribution in [0.5, 0.6) is 0 Å². The molecule has 0 aliphatic heterocycles. The summed E-state index contributed by atoms with van der Waals surface area (Å²) in [5, 5.41) is 0. The van der Waals surface area contributed by atoms with Crippen LogP contribution in [-0.4, -0.2) is 6.29 Å². The molecule has 1 heteroatoms. The van der Waals surface area contributed by atoms with Crippen molar-refractivity contribution in [1.82, 2.24) is 0 Å². The standard InChI is InChI=1S/C20H28O/c1-16(8-6-9-17(2)13-15-21)11-12-19-18(3)10-7-14-20(19,4)5/h6,8-9,11-13,15H,7,10,14H2,1-5H3/b9-6+,12-11+,16-8+,17-13+/i3D3,10D2. The highest BCUT2D eigenvalue weighted by atomic mass is 16.1. The zero-order valence-corrected chi connectivity index (χ0v) is 13.4. The topological polar surface area (TPSA) is 17.1 Å². The maximum Gasteiger partial charge on any atom is 0.143 e. The average Bonchev–Trinajstić information content (AvgIpc) is 2.47. The highest BCUT2D eigenvalue weighted by Gasteiger charge is 2.26. The fourth-order valence-corrected chi connectivity index (χ4v) is 2.16. The Kier molecular flexibility index (Phi) is 4.18. The van der Waals surface area contributed by atoms with Gasteiger partial charge in [-0.3, -0.25) is 4.79 Å². The quantitative estimate of drug-likeness (QED) is 0.359. The zero-order valence-electron chi connectivity index (χ0n) is 18.4. The van der Waals surface area contributed by atoms with Crippen molar-refractivity contribution in [2.45, 2.75) is 53.8 Å². The molecule has 0 fully saturated rings. The number of allylic oxidation sites excluding steroid dienone is 10. The van der Waals surface area contributed by atoms with E-state index >= 15 is 0 Å². The molecule has 0 bridgehead atoms. The summed E-state index contributed by atoms with van der Waals surface area (Å²) in [5.74, 6) is 0. The molecule has 114 valence electrons. The lowest BCUT2D eigenvalue weighted by Crippen LogP contribution is -2.19. The average molecular weight is 289 g/mol. The van der Waals surface area contributed by atoms with Crippen molar-refractivity contribution < 1.29 is 11.6 Å². The second kappa shape index (κ2) is 7.97. The minimum atomic E-state index is -2.46. The molecular weight excluding hydrogens is 256 g/mol. The first kappa shape index (κ1) is 11.0. The molecule has 0 aromatic carbocycles. The van der Waals surface area contributed by atoms with Crippen LogP contribution in [0, 0.1) is 5.41 Å². The van der Waals surface area contributed by atoms with Crippen LogP contribution < -0.4 is 0 Å². The van der Waals surface area contributed by atoms with Crippen molar-refractivity contribution >= 4 is 6.29 Å². The molecule has 0 radical (unpaired) electrons. The summed E-state index contributed by atoms with van der Waals surface area (Å²) < 4.78 is 39.8. The number of carbonyl (C=O) groups excluding carboxylic acids is 1. The summed E-state index contributed by atoms with van der Waals surface area (Å²) in [5.41, 5.74) is 1.82. The molecule has 0 N–H and O–H groups in total. The summed E-state index contributed by atoms with van der Waals surface area (Å²) in [6.07, 6.45) is 10.2. The number of carbonyl (C=O) groups is 1. The van der Waals surface area contributed by atoms with Gasteiger partial charge in [0.05, 0.1) is 0 Å². The van der Waals surface area contributed by atoms with E-state index in [0.29, 0.717) is 12.0 Å². The van der Waals surface area contributed by atoms with Crippen LogP contribution in [0.4, 0.5) is 0 Å². The van der Waals surface area contributed by atoms with Crippen LogP contribution in [0.25, 0.3) is 0 Å². The van der Waals surface area contributed by atoms with E-state index < -0.39 is 18.6 Å². The van der Waals surface area contributed by atoms with Gasteiger partial charge in [-0.2, -0.15) is 0 Å². The van der Waals surface area contributed by atoms with Gasteiger partial charge < -0.3 is 0 Å². The van der Waals surface area contributed by atoms with Gasteiger partial charge in [0.25, 0.3) is 0 Å². The number of hydrogen-bond donors (Lipinski definition) is 0. The summed E-state index contributed by atoms with van der Waals surface area (Å²) in [6.45, 7) is 5.17. The summed E-state index contributed by atoms with van der Waals surface area (Å²) >= 11 is 0. The van der Waals surface area contributed by atoms with Crippen LogP contribution in [0.15, 0.2) is 58.7 Å². The monoisotopic (exact) mass is 289 g/mol. The third-order valence-electron chi connectivity index (χ3n) is 3.61. The molecule has 21 heavy (non-hydrogen) atoms. The van der Waals surface area contributed by atoms with E-state index in [0.717, 1.165) is 17.4 Å². The van der Waals surface area contributed by atoms with Crippen LogP contribution in [0.3, 0.4) is 0 Å². The Morgan fingerprint density at radius 3 is 2.62 bits per heavy atom. The van der Waals surface area contributed by atoms with E-state index in [2.05, 4.69) is 0 Å². The normalized spacial score (nSPS) is 27.1. The lowest BCUT2D eigenvalue weighted by atomic mass is 9.72. The predicted octanol–water partition coefficient (Wildman–Crippen LogP) is 5.72. The van der Waals surface area contributed by atoms with E-state index in [1.807, 2.05) is 52.0 Å². The van der Waals surface area contributed by atoms with Gasteiger partial charge in [0.15, 0.2) is 0 Å². The molecule has 1 rings (SSSR count). The van der Waals surface area contributed by atoms with E-state index in [1.165, 1.54) is 6.08 Å². The number of aldehydes is 1. The van der Waals surface area contributed by atoms with Crippen LogP contribution in [-0.2, 0) is 4.79 Å². The molecule has 0 unspecified atom stereocenters. The maximum atomic E-state index is 10.4. The second-order valence-corrected chi connectivity index (χ2v) is 6.00. The summed E-state index contributed by atoms with van der Waals surface area (Å²) in [4.78, 5) is 10.4. The smallest absolute Gasteiger partial charge is 0.143 e. The summed E-state index contributed by atoms with van der Waals surface area (Å²) in [7, 11) is 0. The van der Waals surface area contributed by atoms with Gasteiger partial charge >= 0.3 is 0 Å². The van der Waals surface area contributed by atoms with Gasteiger partial charge in [-0.15, -0.1) is 0 Å². The lowest BCUT2D eigenvalue weighted by Gasteiger charge is -2.32. The predicted molar refractivity (Wildman–Crippen MR) is 92.2 cm³/mol. The maximum absolute atomic E-state index is 10.4. The third kappa shape index (κ3) is 5.71. The van der Waals surface area contributed by atoms with Crippen molar-refractivity contribution in [3.05, 3.63) is 58.7 Å². The van der Waals surface area contributed by atoms with Gasteiger partial charge in [0.2, 0.25) is 0 Å². The molecule has 0 aromatic rings. The van der Waals surface area contributed by atoms with Gasteiger partial charge in [-0.05, 0) is 62.6 Å². The van der Waals surface area contributed by atoms with Gasteiger partial charge in [0, 0.05) is 6.85 Å². The molecule has 0 aromatic heterocycles. The van der Waals surface area contributed by atoms with Crippen molar-refractivity contribution in [2.75, 3.05) is 0 Å². The highest BCUT2D eigenvalue weighted by molar-refractivity contribution is 5.66. The summed E-state index contributed by atoms with van der Waals surface area (Å²) in [6, 6.07) is 0. The van der Waals surface area contributed by atoms with Gasteiger partial charge in [-0.1, -0.05) is 55.4 Å². The first-order valence-electron chi connectivity index (χ1n) is 9.72. The Labute approximate surface area is 136 Å². The molecule has 0 saturated carbocycles. The van der Waals surface area contributed by atoms with E-state index in [-0.39, 0.29) is 12.0 Å². The zero-order chi connectivity index (χ0) is 20.2. The molecule has 0 atom stereocenters. The minimum absolute atomic E-state index is 0.0781. The van der Waals surface area contributed by atoms with E-state index in [1.54, 1.807) is 6.08 Å². The molecule has 1 aliphatic carbocycles.